The Balaban J connectivity index is 1.77. The van der Waals surface area contributed by atoms with Gasteiger partial charge in [0.1, 0.15) is 24.0 Å². The normalized spacial score (nSPS) is 11.1. The van der Waals surface area contributed by atoms with Gasteiger partial charge in [0.25, 0.3) is 5.91 Å². The Labute approximate surface area is 194 Å². The molecule has 0 saturated carbocycles. The van der Waals surface area contributed by atoms with Gasteiger partial charge in [-0.3, -0.25) is 4.79 Å². The van der Waals surface area contributed by atoms with E-state index in [1.165, 1.54) is 0 Å². The van der Waals surface area contributed by atoms with Crippen molar-refractivity contribution in [2.45, 2.75) is 34.3 Å². The third-order valence-electron chi connectivity index (χ3n) is 5.22. The number of rotatable bonds is 6. The fourth-order valence-corrected chi connectivity index (χ4v) is 3.49. The molecule has 3 rings (SSSR count). The van der Waals surface area contributed by atoms with Crippen molar-refractivity contribution in [2.75, 3.05) is 5.32 Å². The van der Waals surface area contributed by atoms with E-state index >= 15 is 0 Å². The first-order valence-corrected chi connectivity index (χ1v) is 10.6. The number of nitriles is 1. The first-order chi connectivity index (χ1) is 15.3. The number of nitrogens with one attached hydrogen (secondary N) is 1. The van der Waals surface area contributed by atoms with Crippen LogP contribution in [0.25, 0.3) is 6.08 Å². The molecule has 162 valence electrons. The zero-order valence-electron chi connectivity index (χ0n) is 18.6. The number of anilines is 1. The zero-order chi connectivity index (χ0) is 23.3. The quantitative estimate of drug-likeness (QED) is 0.340. The van der Waals surface area contributed by atoms with Gasteiger partial charge in [0.2, 0.25) is 0 Å². The van der Waals surface area contributed by atoms with Crippen molar-refractivity contribution in [1.29, 1.82) is 5.26 Å². The van der Waals surface area contributed by atoms with Gasteiger partial charge >= 0.3 is 0 Å². The molecule has 0 fully saturated rings. The average molecular weight is 445 g/mol. The molecule has 0 aliphatic rings. The van der Waals surface area contributed by atoms with Crippen molar-refractivity contribution in [3.8, 4) is 11.8 Å². The summed E-state index contributed by atoms with van der Waals surface area (Å²) < 4.78 is 6.02. The minimum absolute atomic E-state index is 0.0388. The van der Waals surface area contributed by atoms with Crippen LogP contribution < -0.4 is 10.1 Å². The number of hydrogen-bond donors (Lipinski definition) is 1. The standard InChI is InChI=1S/C27H25ClN2O2/c1-17-5-10-25(13-18(17)2)30-27(31)23(15-29)14-22-11-19(3)26(20(4)12-22)32-16-21-6-8-24(28)9-7-21/h5-14H,16H2,1-4H3,(H,30,31)/b23-14+. The van der Waals surface area contributed by atoms with Crippen molar-refractivity contribution < 1.29 is 9.53 Å². The molecule has 0 heterocycles. The van der Waals surface area contributed by atoms with Gasteiger partial charge in [-0.25, -0.2) is 0 Å². The van der Waals surface area contributed by atoms with Crippen LogP contribution in [0.5, 0.6) is 5.75 Å². The van der Waals surface area contributed by atoms with Gasteiger partial charge in [0, 0.05) is 10.7 Å². The lowest BCUT2D eigenvalue weighted by atomic mass is 10.0. The average Bonchev–Trinajstić information content (AvgIpc) is 2.75. The summed E-state index contributed by atoms with van der Waals surface area (Å²) in [5, 5.41) is 13.0. The largest absolute Gasteiger partial charge is 0.488 e. The number of nitrogens with zero attached hydrogens (tertiary/aromatic N) is 1. The lowest BCUT2D eigenvalue weighted by molar-refractivity contribution is -0.112. The Kier molecular flexibility index (Phi) is 7.35. The van der Waals surface area contributed by atoms with Gasteiger partial charge in [-0.2, -0.15) is 5.26 Å². The molecular weight excluding hydrogens is 420 g/mol. The summed E-state index contributed by atoms with van der Waals surface area (Å²) in [5.74, 6) is 0.351. The second kappa shape index (κ2) is 10.2. The monoisotopic (exact) mass is 444 g/mol. The van der Waals surface area contributed by atoms with E-state index < -0.39 is 5.91 Å². The minimum Gasteiger partial charge on any atom is -0.488 e. The summed E-state index contributed by atoms with van der Waals surface area (Å²) in [5.41, 5.74) is 6.57. The number of amides is 1. The summed E-state index contributed by atoms with van der Waals surface area (Å²) in [7, 11) is 0. The van der Waals surface area contributed by atoms with E-state index in [1.807, 2.05) is 88.4 Å². The second-order valence-electron chi connectivity index (χ2n) is 7.82. The maximum absolute atomic E-state index is 12.6. The lowest BCUT2D eigenvalue weighted by Gasteiger charge is -2.14. The van der Waals surface area contributed by atoms with Gasteiger partial charge in [0.15, 0.2) is 0 Å². The predicted octanol–water partition coefficient (Wildman–Crippen LogP) is 6.70. The van der Waals surface area contributed by atoms with Crippen LogP contribution >= 0.6 is 11.6 Å². The molecule has 32 heavy (non-hydrogen) atoms. The van der Waals surface area contributed by atoms with E-state index in [1.54, 1.807) is 6.08 Å². The highest BCUT2D eigenvalue weighted by Crippen LogP contribution is 2.27. The van der Waals surface area contributed by atoms with Crippen LogP contribution in [0.2, 0.25) is 5.02 Å². The van der Waals surface area contributed by atoms with E-state index in [4.69, 9.17) is 16.3 Å². The highest BCUT2D eigenvalue weighted by molar-refractivity contribution is 6.30. The molecule has 0 unspecified atom stereocenters. The number of ether oxygens (including phenoxy) is 1. The van der Waals surface area contributed by atoms with Gasteiger partial charge in [-0.05, 0) is 104 Å². The Hall–Kier alpha value is -3.55. The van der Waals surface area contributed by atoms with Crippen LogP contribution in [0, 0.1) is 39.0 Å². The van der Waals surface area contributed by atoms with Crippen LogP contribution in [0.15, 0.2) is 60.2 Å². The number of aryl methyl sites for hydroxylation is 4. The molecule has 0 radical (unpaired) electrons. The molecule has 0 aliphatic carbocycles. The maximum Gasteiger partial charge on any atom is 0.266 e. The third kappa shape index (κ3) is 5.78. The summed E-state index contributed by atoms with van der Waals surface area (Å²) in [6.07, 6.45) is 1.60. The van der Waals surface area contributed by atoms with Crippen LogP contribution in [0.4, 0.5) is 5.69 Å². The summed E-state index contributed by atoms with van der Waals surface area (Å²) in [6.45, 7) is 8.31. The van der Waals surface area contributed by atoms with Crippen molar-refractivity contribution in [3.63, 3.8) is 0 Å². The molecule has 3 aromatic carbocycles. The van der Waals surface area contributed by atoms with Crippen molar-refractivity contribution in [2.24, 2.45) is 0 Å². The smallest absolute Gasteiger partial charge is 0.266 e. The Bertz CT molecular complexity index is 1200. The van der Waals surface area contributed by atoms with Crippen molar-refractivity contribution in [1.82, 2.24) is 0 Å². The molecule has 0 aromatic heterocycles. The molecule has 0 saturated heterocycles. The fraction of sp³-hybridized carbons (Fsp3) is 0.185. The summed E-state index contributed by atoms with van der Waals surface area (Å²) in [4.78, 5) is 12.6. The Morgan fingerprint density at radius 3 is 2.22 bits per heavy atom. The van der Waals surface area contributed by atoms with Crippen LogP contribution in [0.3, 0.4) is 0 Å². The molecule has 1 amide bonds. The Morgan fingerprint density at radius 1 is 0.969 bits per heavy atom. The summed E-state index contributed by atoms with van der Waals surface area (Å²) in [6, 6.07) is 19.0. The number of hydrogen-bond acceptors (Lipinski definition) is 3. The molecule has 1 N–H and O–H groups in total. The zero-order valence-corrected chi connectivity index (χ0v) is 19.4. The summed E-state index contributed by atoms with van der Waals surface area (Å²) >= 11 is 5.93. The molecule has 3 aromatic rings. The van der Waals surface area contributed by atoms with Crippen LogP contribution in [-0.2, 0) is 11.4 Å². The van der Waals surface area contributed by atoms with Crippen molar-refractivity contribution in [3.05, 3.63) is 98.6 Å². The first-order valence-electron chi connectivity index (χ1n) is 10.3. The molecule has 0 aliphatic heterocycles. The van der Waals surface area contributed by atoms with Gasteiger partial charge in [-0.15, -0.1) is 0 Å². The second-order valence-corrected chi connectivity index (χ2v) is 8.26. The number of benzene rings is 3. The van der Waals surface area contributed by atoms with Gasteiger partial charge in [-0.1, -0.05) is 29.8 Å². The number of halogens is 1. The highest BCUT2D eigenvalue weighted by Gasteiger charge is 2.12. The third-order valence-corrected chi connectivity index (χ3v) is 5.47. The van der Waals surface area contributed by atoms with E-state index in [0.29, 0.717) is 17.3 Å². The fourth-order valence-electron chi connectivity index (χ4n) is 3.36. The molecule has 0 atom stereocenters. The molecular formula is C27H25ClN2O2. The highest BCUT2D eigenvalue weighted by atomic mass is 35.5. The molecule has 0 spiro atoms. The van der Waals surface area contributed by atoms with Crippen LogP contribution in [0.1, 0.15) is 33.4 Å². The molecule has 0 bridgehead atoms. The van der Waals surface area contributed by atoms with E-state index in [0.717, 1.165) is 39.1 Å². The maximum atomic E-state index is 12.6. The van der Waals surface area contributed by atoms with E-state index in [2.05, 4.69) is 5.32 Å². The molecule has 5 heteroatoms. The topological polar surface area (TPSA) is 62.1 Å². The SMILES string of the molecule is Cc1ccc(NC(=O)/C(C#N)=C/c2cc(C)c(OCc3ccc(Cl)cc3)c(C)c2)cc1C. The van der Waals surface area contributed by atoms with Gasteiger partial charge in [0.05, 0.1) is 0 Å². The first kappa shape index (κ1) is 23.1. The van der Waals surface area contributed by atoms with Gasteiger partial charge < -0.3 is 10.1 Å². The van der Waals surface area contributed by atoms with Crippen molar-refractivity contribution >= 4 is 29.3 Å². The van der Waals surface area contributed by atoms with E-state index in [-0.39, 0.29) is 5.57 Å². The Morgan fingerprint density at radius 2 is 1.62 bits per heavy atom. The lowest BCUT2D eigenvalue weighted by Crippen LogP contribution is -2.13. The number of carbonyl (C=O) groups excluding carboxylic acids is 1. The minimum atomic E-state index is -0.436. The van der Waals surface area contributed by atoms with E-state index in [9.17, 15) is 10.1 Å². The predicted molar refractivity (Wildman–Crippen MR) is 130 cm³/mol. The molecule has 4 nitrogen and oxygen atoms in total. The van der Waals surface area contributed by atoms with Crippen LogP contribution in [-0.4, -0.2) is 5.91 Å². The number of carbonyl (C=O) groups is 1.